The predicted octanol–water partition coefficient (Wildman–Crippen LogP) is 2.00. The average molecular weight is 381 g/mol. The highest BCUT2D eigenvalue weighted by Crippen LogP contribution is 2.25. The molecular formula is C13H19BrClN3O3. The number of anilines is 2. The lowest BCUT2D eigenvalue weighted by atomic mass is 10.2. The van der Waals surface area contributed by atoms with E-state index in [4.69, 9.17) is 4.74 Å². The molecule has 21 heavy (non-hydrogen) atoms. The Hall–Kier alpha value is -1.15. The lowest BCUT2D eigenvalue weighted by Gasteiger charge is -2.12. The topological polar surface area (TPSA) is 79.5 Å². The molecule has 0 radical (unpaired) electrons. The monoisotopic (exact) mass is 379 g/mol. The molecule has 6 nitrogen and oxygen atoms in total. The number of hydrogen-bond donors (Lipinski definition) is 3. The van der Waals surface area contributed by atoms with E-state index in [-0.39, 0.29) is 30.8 Å². The van der Waals surface area contributed by atoms with Crippen LogP contribution in [0.4, 0.5) is 11.4 Å². The largest absolute Gasteiger partial charge is 0.383 e. The number of carbonyl (C=O) groups is 2. The van der Waals surface area contributed by atoms with Crippen LogP contribution in [0.2, 0.25) is 0 Å². The number of rotatable bonds is 7. The van der Waals surface area contributed by atoms with Crippen LogP contribution < -0.4 is 16.0 Å². The van der Waals surface area contributed by atoms with Crippen LogP contribution in [0.3, 0.4) is 0 Å². The zero-order valence-electron chi connectivity index (χ0n) is 11.9. The lowest BCUT2D eigenvalue weighted by molar-refractivity contribution is -0.116. The Morgan fingerprint density at radius 2 is 1.95 bits per heavy atom. The summed E-state index contributed by atoms with van der Waals surface area (Å²) in [7, 11) is 1.60. The Morgan fingerprint density at radius 1 is 1.24 bits per heavy atom. The maximum absolute atomic E-state index is 11.8. The SMILES string of the molecule is COCCNCC(=O)Nc1cc(Br)ccc1NC(C)=O.Cl. The molecule has 118 valence electrons. The van der Waals surface area contributed by atoms with Gasteiger partial charge in [-0.25, -0.2) is 0 Å². The van der Waals surface area contributed by atoms with Crippen molar-refractivity contribution in [2.45, 2.75) is 6.92 Å². The molecule has 2 amide bonds. The van der Waals surface area contributed by atoms with Gasteiger partial charge in [-0.1, -0.05) is 15.9 Å². The fourth-order valence-electron chi connectivity index (χ4n) is 1.49. The van der Waals surface area contributed by atoms with Crippen molar-refractivity contribution in [2.24, 2.45) is 0 Å². The highest BCUT2D eigenvalue weighted by Gasteiger charge is 2.08. The van der Waals surface area contributed by atoms with Gasteiger partial charge in [0.05, 0.1) is 24.5 Å². The van der Waals surface area contributed by atoms with Gasteiger partial charge in [-0.3, -0.25) is 9.59 Å². The highest BCUT2D eigenvalue weighted by molar-refractivity contribution is 9.10. The summed E-state index contributed by atoms with van der Waals surface area (Å²) in [6, 6.07) is 5.25. The molecule has 1 aromatic rings. The van der Waals surface area contributed by atoms with Crippen molar-refractivity contribution in [3.05, 3.63) is 22.7 Å². The van der Waals surface area contributed by atoms with Crippen LogP contribution in [0.25, 0.3) is 0 Å². The highest BCUT2D eigenvalue weighted by atomic mass is 79.9. The van der Waals surface area contributed by atoms with E-state index < -0.39 is 0 Å². The summed E-state index contributed by atoms with van der Waals surface area (Å²) in [5, 5.41) is 8.36. The van der Waals surface area contributed by atoms with Gasteiger partial charge >= 0.3 is 0 Å². The number of halogens is 2. The van der Waals surface area contributed by atoms with Crippen LogP contribution in [0.1, 0.15) is 6.92 Å². The minimum Gasteiger partial charge on any atom is -0.383 e. The van der Waals surface area contributed by atoms with E-state index in [1.807, 2.05) is 0 Å². The molecule has 0 saturated heterocycles. The number of carbonyl (C=O) groups excluding carboxylic acids is 2. The van der Waals surface area contributed by atoms with Gasteiger partial charge in [0.2, 0.25) is 11.8 Å². The molecule has 0 heterocycles. The summed E-state index contributed by atoms with van der Waals surface area (Å²) in [4.78, 5) is 22.9. The van der Waals surface area contributed by atoms with Gasteiger partial charge in [0, 0.05) is 25.1 Å². The lowest BCUT2D eigenvalue weighted by Crippen LogP contribution is -2.30. The third-order valence-electron chi connectivity index (χ3n) is 2.33. The fraction of sp³-hybridized carbons (Fsp3) is 0.385. The quantitative estimate of drug-likeness (QED) is 0.632. The van der Waals surface area contributed by atoms with Crippen LogP contribution in [0.5, 0.6) is 0 Å². The number of benzene rings is 1. The van der Waals surface area contributed by atoms with Gasteiger partial charge in [-0.15, -0.1) is 12.4 Å². The second kappa shape index (κ2) is 10.6. The Morgan fingerprint density at radius 3 is 2.57 bits per heavy atom. The van der Waals surface area contributed by atoms with Gasteiger partial charge in [-0.2, -0.15) is 0 Å². The minimum absolute atomic E-state index is 0. The van der Waals surface area contributed by atoms with Crippen molar-refractivity contribution in [3.63, 3.8) is 0 Å². The smallest absolute Gasteiger partial charge is 0.238 e. The van der Waals surface area contributed by atoms with Crippen LogP contribution in [0, 0.1) is 0 Å². The Bertz CT molecular complexity index is 486. The molecule has 0 unspecified atom stereocenters. The Kier molecular flexibility index (Phi) is 9.98. The number of methoxy groups -OCH3 is 1. The van der Waals surface area contributed by atoms with Crippen LogP contribution in [-0.4, -0.2) is 38.6 Å². The number of amides is 2. The third-order valence-corrected chi connectivity index (χ3v) is 2.83. The second-order valence-electron chi connectivity index (χ2n) is 4.09. The average Bonchev–Trinajstić information content (AvgIpc) is 2.37. The van der Waals surface area contributed by atoms with Crippen molar-refractivity contribution in [1.82, 2.24) is 5.32 Å². The molecule has 1 aromatic carbocycles. The molecule has 0 bridgehead atoms. The van der Waals surface area contributed by atoms with Gasteiger partial charge in [0.25, 0.3) is 0 Å². The van der Waals surface area contributed by atoms with Crippen molar-refractivity contribution in [2.75, 3.05) is 37.4 Å². The summed E-state index contributed by atoms with van der Waals surface area (Å²) in [6.07, 6.45) is 0. The fourth-order valence-corrected chi connectivity index (χ4v) is 1.85. The third kappa shape index (κ3) is 8.01. The first-order valence-electron chi connectivity index (χ1n) is 6.09. The van der Waals surface area contributed by atoms with Crippen LogP contribution >= 0.6 is 28.3 Å². The number of hydrogen-bond acceptors (Lipinski definition) is 4. The van der Waals surface area contributed by atoms with E-state index in [1.54, 1.807) is 25.3 Å². The standard InChI is InChI=1S/C13H18BrN3O3.ClH/c1-9(18)16-11-4-3-10(14)7-12(11)17-13(19)8-15-5-6-20-2;/h3-4,7,15H,5-6,8H2,1-2H3,(H,16,18)(H,17,19);1H. The molecule has 0 aliphatic heterocycles. The van der Waals surface area contributed by atoms with E-state index in [0.717, 1.165) is 4.47 Å². The maximum Gasteiger partial charge on any atom is 0.238 e. The summed E-state index contributed by atoms with van der Waals surface area (Å²) < 4.78 is 5.69. The summed E-state index contributed by atoms with van der Waals surface area (Å²) in [6.45, 7) is 2.73. The molecule has 0 spiro atoms. The van der Waals surface area contributed by atoms with E-state index in [2.05, 4.69) is 31.9 Å². The van der Waals surface area contributed by atoms with Gasteiger partial charge < -0.3 is 20.7 Å². The zero-order chi connectivity index (χ0) is 15.0. The summed E-state index contributed by atoms with van der Waals surface area (Å²) >= 11 is 3.33. The molecule has 1 rings (SSSR count). The summed E-state index contributed by atoms with van der Waals surface area (Å²) in [5.41, 5.74) is 1.11. The number of ether oxygens (including phenoxy) is 1. The number of nitrogens with one attached hydrogen (secondary N) is 3. The first-order valence-corrected chi connectivity index (χ1v) is 6.89. The molecule has 8 heteroatoms. The van der Waals surface area contributed by atoms with Crippen molar-refractivity contribution in [1.29, 1.82) is 0 Å². The zero-order valence-corrected chi connectivity index (χ0v) is 14.3. The first-order chi connectivity index (χ1) is 9.52. The van der Waals surface area contributed by atoms with E-state index in [9.17, 15) is 9.59 Å². The van der Waals surface area contributed by atoms with E-state index >= 15 is 0 Å². The van der Waals surface area contributed by atoms with E-state index in [1.165, 1.54) is 6.92 Å². The van der Waals surface area contributed by atoms with Crippen LogP contribution in [0.15, 0.2) is 22.7 Å². The summed E-state index contributed by atoms with van der Waals surface area (Å²) in [5.74, 6) is -0.383. The van der Waals surface area contributed by atoms with Crippen molar-refractivity contribution >= 4 is 51.5 Å². The van der Waals surface area contributed by atoms with Crippen molar-refractivity contribution in [3.8, 4) is 0 Å². The molecule has 0 aromatic heterocycles. The van der Waals surface area contributed by atoms with Gasteiger partial charge in [-0.05, 0) is 18.2 Å². The molecule has 3 N–H and O–H groups in total. The van der Waals surface area contributed by atoms with Crippen molar-refractivity contribution < 1.29 is 14.3 Å². The predicted molar refractivity (Wildman–Crippen MR) is 89.1 cm³/mol. The minimum atomic E-state index is -0.193. The molecule has 0 atom stereocenters. The van der Waals surface area contributed by atoms with Gasteiger partial charge in [0.1, 0.15) is 0 Å². The Labute approximate surface area is 138 Å². The van der Waals surface area contributed by atoms with E-state index in [0.29, 0.717) is 24.5 Å². The molecule has 0 fully saturated rings. The Balaban J connectivity index is 0.00000400. The second-order valence-corrected chi connectivity index (χ2v) is 5.00. The molecular weight excluding hydrogens is 362 g/mol. The molecule has 0 aliphatic carbocycles. The van der Waals surface area contributed by atoms with Crippen LogP contribution in [-0.2, 0) is 14.3 Å². The first kappa shape index (κ1) is 19.9. The normalized spacial score (nSPS) is 9.67. The van der Waals surface area contributed by atoms with Gasteiger partial charge in [0.15, 0.2) is 0 Å². The maximum atomic E-state index is 11.8. The molecule has 0 aliphatic rings. The molecule has 0 saturated carbocycles.